The Bertz CT molecular complexity index is 1280. The van der Waals surface area contributed by atoms with Crippen molar-refractivity contribution in [1.29, 1.82) is 5.26 Å². The number of anilines is 1. The van der Waals surface area contributed by atoms with E-state index in [1.54, 1.807) is 40.5 Å². The van der Waals surface area contributed by atoms with Gasteiger partial charge in [-0.1, -0.05) is 24.3 Å². The highest BCUT2D eigenvalue weighted by atomic mass is 32.1. The summed E-state index contributed by atoms with van der Waals surface area (Å²) >= 11 is 1.62. The lowest BCUT2D eigenvalue weighted by Crippen LogP contribution is -2.56. The number of benzene rings is 2. The molecule has 0 bridgehead atoms. The average molecular weight is 459 g/mol. The fraction of sp³-hybridized carbons (Fsp3) is 0.269. The molecule has 3 heterocycles. The van der Waals surface area contributed by atoms with Crippen LogP contribution in [-0.4, -0.2) is 33.9 Å². The molecule has 166 valence electrons. The number of rotatable bonds is 4. The molecule has 0 aliphatic carbocycles. The second-order valence-corrected chi connectivity index (χ2v) is 9.63. The van der Waals surface area contributed by atoms with Crippen LogP contribution in [0.15, 0.2) is 66.1 Å². The second kappa shape index (κ2) is 8.54. The Morgan fingerprint density at radius 3 is 2.91 bits per heavy atom. The predicted molar refractivity (Wildman–Crippen MR) is 127 cm³/mol. The van der Waals surface area contributed by atoms with Gasteiger partial charge >= 0.3 is 0 Å². The molecule has 1 spiro atoms. The first-order chi connectivity index (χ1) is 16.0. The number of carbonyl (C=O) groups excluding carboxylic acids is 1. The number of nitriles is 1. The van der Waals surface area contributed by atoms with Gasteiger partial charge in [0.15, 0.2) is 0 Å². The first-order valence-electron chi connectivity index (χ1n) is 11.0. The summed E-state index contributed by atoms with van der Waals surface area (Å²) in [6.45, 7) is 3.72. The fourth-order valence-electron chi connectivity index (χ4n) is 4.92. The summed E-state index contributed by atoms with van der Waals surface area (Å²) in [5.41, 5.74) is 2.64. The minimum atomic E-state index is -0.424. The van der Waals surface area contributed by atoms with E-state index < -0.39 is 5.54 Å². The third-order valence-corrected chi connectivity index (χ3v) is 7.38. The number of thiazole rings is 1. The highest BCUT2D eigenvalue weighted by Gasteiger charge is 2.46. The molecule has 1 amide bonds. The summed E-state index contributed by atoms with van der Waals surface area (Å²) in [4.78, 5) is 21.6. The maximum atomic E-state index is 13.9. The van der Waals surface area contributed by atoms with E-state index in [2.05, 4.69) is 17.9 Å². The van der Waals surface area contributed by atoms with Crippen LogP contribution in [0.1, 0.15) is 30.3 Å². The molecule has 3 aromatic rings. The lowest BCUT2D eigenvalue weighted by Gasteiger charge is -2.47. The van der Waals surface area contributed by atoms with Crippen LogP contribution in [0.3, 0.4) is 0 Å². The van der Waals surface area contributed by atoms with Gasteiger partial charge in [0, 0.05) is 35.3 Å². The van der Waals surface area contributed by atoms with E-state index in [0.29, 0.717) is 11.3 Å². The number of hydrogen-bond acceptors (Lipinski definition) is 5. The molecule has 2 aliphatic heterocycles. The molecular weight excluding hydrogens is 435 g/mol. The average Bonchev–Trinajstić information content (AvgIpc) is 3.40. The summed E-state index contributed by atoms with van der Waals surface area (Å²) < 4.78 is 13.9. The van der Waals surface area contributed by atoms with E-state index in [9.17, 15) is 9.18 Å². The SMILES string of the molecule is C[C@@H]1C[C@]2(C=CC(=O)N2c2cccc(F)c2)CCN1Cc1nc(-c2cccc(C#N)c2)cs1. The van der Waals surface area contributed by atoms with Crippen LogP contribution in [0.25, 0.3) is 11.3 Å². The summed E-state index contributed by atoms with van der Waals surface area (Å²) in [7, 11) is 0. The fourth-order valence-corrected chi connectivity index (χ4v) is 5.75. The van der Waals surface area contributed by atoms with Gasteiger partial charge in [-0.15, -0.1) is 11.3 Å². The number of carbonyl (C=O) groups is 1. The van der Waals surface area contributed by atoms with E-state index >= 15 is 0 Å². The van der Waals surface area contributed by atoms with Crippen LogP contribution in [0, 0.1) is 17.1 Å². The van der Waals surface area contributed by atoms with Gasteiger partial charge in [-0.2, -0.15) is 5.26 Å². The molecule has 2 atom stereocenters. The first-order valence-corrected chi connectivity index (χ1v) is 11.8. The molecule has 1 aromatic heterocycles. The molecule has 0 saturated carbocycles. The standard InChI is InChI=1S/C26H23FN4OS/c1-18-14-26(9-8-25(32)31(26)22-7-3-6-21(27)13-22)10-11-30(18)16-24-29-23(17-33-24)20-5-2-4-19(12-20)15-28/h2-9,12-13,17-18H,10-11,14,16H2,1H3/t18-,26+/m1/s1. The zero-order valence-corrected chi connectivity index (χ0v) is 19.1. The summed E-state index contributed by atoms with van der Waals surface area (Å²) in [6, 6.07) is 16.2. The van der Waals surface area contributed by atoms with Crippen molar-refractivity contribution >= 4 is 22.9 Å². The molecule has 5 rings (SSSR count). The predicted octanol–water partition coefficient (Wildman–Crippen LogP) is 5.15. The zero-order valence-electron chi connectivity index (χ0n) is 18.2. The Kier molecular flexibility index (Phi) is 5.57. The van der Waals surface area contributed by atoms with Crippen LogP contribution in [0.5, 0.6) is 0 Å². The molecule has 0 radical (unpaired) electrons. The monoisotopic (exact) mass is 458 g/mol. The summed E-state index contributed by atoms with van der Waals surface area (Å²) in [5, 5.41) is 12.2. The van der Waals surface area contributed by atoms with E-state index in [0.717, 1.165) is 42.2 Å². The van der Waals surface area contributed by atoms with Gasteiger partial charge < -0.3 is 0 Å². The van der Waals surface area contributed by atoms with Gasteiger partial charge in [-0.05, 0) is 50.1 Å². The Labute approximate surface area is 196 Å². The van der Waals surface area contributed by atoms with Crippen molar-refractivity contribution in [2.75, 3.05) is 11.4 Å². The topological polar surface area (TPSA) is 60.2 Å². The molecule has 2 aliphatic rings. The Morgan fingerprint density at radius 1 is 1.27 bits per heavy atom. The van der Waals surface area contributed by atoms with Crippen LogP contribution >= 0.6 is 11.3 Å². The normalized spacial score (nSPS) is 22.8. The van der Waals surface area contributed by atoms with Crippen LogP contribution in [0.4, 0.5) is 10.1 Å². The molecule has 33 heavy (non-hydrogen) atoms. The smallest absolute Gasteiger partial charge is 0.251 e. The number of aromatic nitrogens is 1. The number of halogens is 1. The van der Waals surface area contributed by atoms with Crippen LogP contribution < -0.4 is 4.90 Å². The van der Waals surface area contributed by atoms with Crippen molar-refractivity contribution < 1.29 is 9.18 Å². The molecular formula is C26H23FN4OS. The van der Waals surface area contributed by atoms with Crippen molar-refractivity contribution in [3.63, 3.8) is 0 Å². The molecule has 2 aromatic carbocycles. The number of likely N-dealkylation sites (tertiary alicyclic amines) is 1. The van der Waals surface area contributed by atoms with E-state index in [1.165, 1.54) is 12.1 Å². The number of amides is 1. The van der Waals surface area contributed by atoms with Gasteiger partial charge in [0.05, 0.1) is 29.4 Å². The minimum absolute atomic E-state index is 0.0922. The molecule has 5 nitrogen and oxygen atoms in total. The first kappa shape index (κ1) is 21.5. The number of hydrogen-bond donors (Lipinski definition) is 0. The minimum Gasteiger partial charge on any atom is -0.299 e. The van der Waals surface area contributed by atoms with Crippen LogP contribution in [0.2, 0.25) is 0 Å². The van der Waals surface area contributed by atoms with Crippen molar-refractivity contribution in [2.45, 2.75) is 37.9 Å². The third-order valence-electron chi connectivity index (χ3n) is 6.55. The van der Waals surface area contributed by atoms with Gasteiger partial charge in [0.2, 0.25) is 0 Å². The highest BCUT2D eigenvalue weighted by molar-refractivity contribution is 7.09. The van der Waals surface area contributed by atoms with Gasteiger partial charge in [0.1, 0.15) is 10.8 Å². The van der Waals surface area contributed by atoms with E-state index in [-0.39, 0.29) is 17.8 Å². The maximum absolute atomic E-state index is 13.9. The summed E-state index contributed by atoms with van der Waals surface area (Å²) in [6.07, 6.45) is 5.17. The zero-order chi connectivity index (χ0) is 23.0. The van der Waals surface area contributed by atoms with Crippen molar-refractivity contribution in [3.8, 4) is 17.3 Å². The van der Waals surface area contributed by atoms with Gasteiger partial charge in [-0.25, -0.2) is 9.37 Å². The molecule has 1 saturated heterocycles. The molecule has 7 heteroatoms. The van der Waals surface area contributed by atoms with Gasteiger partial charge in [-0.3, -0.25) is 14.6 Å². The van der Waals surface area contributed by atoms with Crippen molar-refractivity contribution in [1.82, 2.24) is 9.88 Å². The molecule has 1 fully saturated rings. The second-order valence-electron chi connectivity index (χ2n) is 8.68. The number of nitrogens with zero attached hydrogens (tertiary/aromatic N) is 4. The molecule has 0 N–H and O–H groups in total. The van der Waals surface area contributed by atoms with Gasteiger partial charge in [0.25, 0.3) is 5.91 Å². The maximum Gasteiger partial charge on any atom is 0.251 e. The molecule has 0 unspecified atom stereocenters. The Balaban J connectivity index is 1.31. The lowest BCUT2D eigenvalue weighted by atomic mass is 9.83. The third kappa shape index (κ3) is 4.08. The van der Waals surface area contributed by atoms with Crippen LogP contribution in [-0.2, 0) is 11.3 Å². The largest absolute Gasteiger partial charge is 0.299 e. The van der Waals surface area contributed by atoms with E-state index in [4.69, 9.17) is 10.2 Å². The summed E-state index contributed by atoms with van der Waals surface area (Å²) in [5.74, 6) is -0.432. The lowest BCUT2D eigenvalue weighted by molar-refractivity contribution is -0.114. The Hall–Kier alpha value is -3.34. The highest BCUT2D eigenvalue weighted by Crippen LogP contribution is 2.41. The van der Waals surface area contributed by atoms with E-state index in [1.807, 2.05) is 29.7 Å². The number of piperidine rings is 1. The Morgan fingerprint density at radius 2 is 2.12 bits per heavy atom. The van der Waals surface area contributed by atoms with Crippen molar-refractivity contribution in [3.05, 3.63) is 82.5 Å². The quantitative estimate of drug-likeness (QED) is 0.543. The van der Waals surface area contributed by atoms with Crippen molar-refractivity contribution in [2.24, 2.45) is 0 Å².